The van der Waals surface area contributed by atoms with Gasteiger partial charge in [0.2, 0.25) is 0 Å². The van der Waals surface area contributed by atoms with Crippen LogP contribution in [-0.2, 0) is 0 Å². The molecule has 0 N–H and O–H groups in total. The van der Waals surface area contributed by atoms with Gasteiger partial charge in [-0.25, -0.2) is 0 Å². The van der Waals surface area contributed by atoms with Gasteiger partial charge in [-0.3, -0.25) is 9.69 Å². The third-order valence-electron chi connectivity index (χ3n) is 3.46. The minimum Gasteiger partial charge on any atom is -0.300 e. The molecular formula is C16H22ClNO. The summed E-state index contributed by atoms with van der Waals surface area (Å²) in [5.74, 6) is 0.873. The molecule has 0 aliphatic heterocycles. The molecule has 1 aromatic carbocycles. The van der Waals surface area contributed by atoms with Crippen LogP contribution >= 0.6 is 11.6 Å². The van der Waals surface area contributed by atoms with Crippen molar-refractivity contribution in [2.45, 2.75) is 39.2 Å². The first kappa shape index (κ1) is 14.5. The van der Waals surface area contributed by atoms with Crippen LogP contribution in [0.3, 0.4) is 0 Å². The molecule has 3 heteroatoms. The lowest BCUT2D eigenvalue weighted by molar-refractivity contribution is 0.0958. The van der Waals surface area contributed by atoms with Gasteiger partial charge in [0.15, 0.2) is 5.78 Å². The average Bonchev–Trinajstić information content (AvgIpc) is 3.18. The summed E-state index contributed by atoms with van der Waals surface area (Å²) in [6.07, 6.45) is 3.19. The molecule has 2 nitrogen and oxygen atoms in total. The van der Waals surface area contributed by atoms with E-state index in [4.69, 9.17) is 11.6 Å². The van der Waals surface area contributed by atoms with Crippen molar-refractivity contribution in [2.75, 3.05) is 13.1 Å². The molecule has 19 heavy (non-hydrogen) atoms. The topological polar surface area (TPSA) is 20.3 Å². The predicted octanol–water partition coefficient (Wildman–Crippen LogP) is 4.03. The van der Waals surface area contributed by atoms with E-state index in [0.717, 1.165) is 24.7 Å². The zero-order valence-corrected chi connectivity index (χ0v) is 12.5. The number of rotatable bonds is 7. The van der Waals surface area contributed by atoms with Crippen LogP contribution in [0, 0.1) is 5.92 Å². The molecule has 104 valence electrons. The first-order valence-corrected chi connectivity index (χ1v) is 7.47. The normalized spacial score (nSPS) is 15.2. The standard InChI is InChI=1S/C16H22ClNO/c1-12(2)11-18(15-7-8-15)10-9-16(19)13-3-5-14(17)6-4-13/h3-6,12,15H,7-11H2,1-2H3. The van der Waals surface area contributed by atoms with Crippen molar-refractivity contribution in [3.63, 3.8) is 0 Å². The third-order valence-corrected chi connectivity index (χ3v) is 3.71. The Hall–Kier alpha value is -0.860. The van der Waals surface area contributed by atoms with Crippen molar-refractivity contribution >= 4 is 17.4 Å². The van der Waals surface area contributed by atoms with Crippen LogP contribution in [0.2, 0.25) is 5.02 Å². The number of hydrogen-bond donors (Lipinski definition) is 0. The van der Waals surface area contributed by atoms with Crippen molar-refractivity contribution in [1.29, 1.82) is 0 Å². The van der Waals surface area contributed by atoms with E-state index in [1.807, 2.05) is 12.1 Å². The van der Waals surface area contributed by atoms with Crippen LogP contribution in [-0.4, -0.2) is 29.8 Å². The second kappa shape index (κ2) is 6.53. The summed E-state index contributed by atoms with van der Waals surface area (Å²) in [6, 6.07) is 7.91. The van der Waals surface area contributed by atoms with Gasteiger partial charge in [0.05, 0.1) is 0 Å². The number of benzene rings is 1. The summed E-state index contributed by atoms with van der Waals surface area (Å²) in [6.45, 7) is 6.44. The van der Waals surface area contributed by atoms with Gasteiger partial charge in [-0.1, -0.05) is 25.4 Å². The molecule has 1 aromatic rings. The van der Waals surface area contributed by atoms with E-state index in [9.17, 15) is 4.79 Å². The molecular weight excluding hydrogens is 258 g/mol. The van der Waals surface area contributed by atoms with E-state index >= 15 is 0 Å². The molecule has 0 saturated heterocycles. The fourth-order valence-electron chi connectivity index (χ4n) is 2.36. The van der Waals surface area contributed by atoms with Gasteiger partial charge < -0.3 is 0 Å². The lowest BCUT2D eigenvalue weighted by Crippen LogP contribution is -2.32. The Bertz CT molecular complexity index is 423. The van der Waals surface area contributed by atoms with Gasteiger partial charge in [0.25, 0.3) is 0 Å². The fourth-order valence-corrected chi connectivity index (χ4v) is 2.48. The van der Waals surface area contributed by atoms with Crippen molar-refractivity contribution < 1.29 is 4.79 Å². The molecule has 1 fully saturated rings. The molecule has 0 heterocycles. The highest BCUT2D eigenvalue weighted by Crippen LogP contribution is 2.27. The molecule has 0 atom stereocenters. The number of Topliss-reactive ketones (excluding diaryl/α,β-unsaturated/α-hetero) is 1. The molecule has 0 aromatic heterocycles. The van der Waals surface area contributed by atoms with E-state index in [0.29, 0.717) is 17.4 Å². The Kier molecular flexibility index (Phi) is 5.00. The fraction of sp³-hybridized carbons (Fsp3) is 0.562. The molecule has 1 aliphatic rings. The first-order valence-electron chi connectivity index (χ1n) is 7.09. The van der Waals surface area contributed by atoms with Crippen molar-refractivity contribution in [3.05, 3.63) is 34.9 Å². The minimum atomic E-state index is 0.214. The Labute approximate surface area is 120 Å². The van der Waals surface area contributed by atoms with Crippen molar-refractivity contribution in [2.24, 2.45) is 5.92 Å². The summed E-state index contributed by atoms with van der Waals surface area (Å²) >= 11 is 5.83. The maximum absolute atomic E-state index is 12.1. The van der Waals surface area contributed by atoms with E-state index < -0.39 is 0 Å². The number of nitrogens with zero attached hydrogens (tertiary/aromatic N) is 1. The number of halogens is 1. The quantitative estimate of drug-likeness (QED) is 0.702. The van der Waals surface area contributed by atoms with Crippen molar-refractivity contribution in [3.8, 4) is 0 Å². The molecule has 0 spiro atoms. The number of carbonyl (C=O) groups excluding carboxylic acids is 1. The summed E-state index contributed by atoms with van der Waals surface area (Å²) in [5, 5.41) is 0.677. The minimum absolute atomic E-state index is 0.214. The molecule has 0 radical (unpaired) electrons. The summed E-state index contributed by atoms with van der Waals surface area (Å²) in [7, 11) is 0. The average molecular weight is 280 g/mol. The zero-order valence-electron chi connectivity index (χ0n) is 11.7. The molecule has 1 saturated carbocycles. The highest BCUT2D eigenvalue weighted by Gasteiger charge is 2.29. The van der Waals surface area contributed by atoms with E-state index in [1.165, 1.54) is 12.8 Å². The number of carbonyl (C=O) groups is 1. The van der Waals surface area contributed by atoms with Gasteiger partial charge in [-0.05, 0) is 43.0 Å². The Morgan fingerprint density at radius 3 is 2.47 bits per heavy atom. The lowest BCUT2D eigenvalue weighted by Gasteiger charge is -2.23. The van der Waals surface area contributed by atoms with E-state index in [-0.39, 0.29) is 5.78 Å². The van der Waals surface area contributed by atoms with Gasteiger partial charge in [0.1, 0.15) is 0 Å². The molecule has 0 bridgehead atoms. The Morgan fingerprint density at radius 1 is 1.32 bits per heavy atom. The van der Waals surface area contributed by atoms with Crippen LogP contribution in [0.15, 0.2) is 24.3 Å². The number of ketones is 1. The van der Waals surface area contributed by atoms with Crippen LogP contribution in [0.5, 0.6) is 0 Å². The maximum atomic E-state index is 12.1. The van der Waals surface area contributed by atoms with Crippen LogP contribution in [0.1, 0.15) is 43.5 Å². The summed E-state index contributed by atoms with van der Waals surface area (Å²) < 4.78 is 0. The van der Waals surface area contributed by atoms with Crippen molar-refractivity contribution in [1.82, 2.24) is 4.90 Å². The Balaban J connectivity index is 1.86. The molecule has 0 amide bonds. The monoisotopic (exact) mass is 279 g/mol. The van der Waals surface area contributed by atoms with Crippen LogP contribution in [0.4, 0.5) is 0 Å². The van der Waals surface area contributed by atoms with Crippen LogP contribution in [0.25, 0.3) is 0 Å². The van der Waals surface area contributed by atoms with Gasteiger partial charge in [-0.15, -0.1) is 0 Å². The lowest BCUT2D eigenvalue weighted by atomic mass is 10.1. The van der Waals surface area contributed by atoms with Gasteiger partial charge in [0, 0.05) is 36.1 Å². The van der Waals surface area contributed by atoms with Crippen LogP contribution < -0.4 is 0 Å². The van der Waals surface area contributed by atoms with E-state index in [1.54, 1.807) is 12.1 Å². The predicted molar refractivity (Wildman–Crippen MR) is 79.8 cm³/mol. The zero-order chi connectivity index (χ0) is 13.8. The maximum Gasteiger partial charge on any atom is 0.164 e. The largest absolute Gasteiger partial charge is 0.300 e. The molecule has 0 unspecified atom stereocenters. The van der Waals surface area contributed by atoms with Gasteiger partial charge in [-0.2, -0.15) is 0 Å². The third kappa shape index (κ3) is 4.63. The Morgan fingerprint density at radius 2 is 1.95 bits per heavy atom. The van der Waals surface area contributed by atoms with Gasteiger partial charge >= 0.3 is 0 Å². The number of hydrogen-bond acceptors (Lipinski definition) is 2. The SMILES string of the molecule is CC(C)CN(CCC(=O)c1ccc(Cl)cc1)C1CC1. The second-order valence-electron chi connectivity index (χ2n) is 5.80. The van der Waals surface area contributed by atoms with E-state index in [2.05, 4.69) is 18.7 Å². The second-order valence-corrected chi connectivity index (χ2v) is 6.24. The molecule has 1 aliphatic carbocycles. The molecule has 2 rings (SSSR count). The highest BCUT2D eigenvalue weighted by atomic mass is 35.5. The summed E-state index contributed by atoms with van der Waals surface area (Å²) in [4.78, 5) is 14.6. The smallest absolute Gasteiger partial charge is 0.164 e. The first-order chi connectivity index (χ1) is 9.06. The summed E-state index contributed by atoms with van der Waals surface area (Å²) in [5.41, 5.74) is 0.768. The highest BCUT2D eigenvalue weighted by molar-refractivity contribution is 6.30.